The van der Waals surface area contributed by atoms with Crippen molar-refractivity contribution < 1.29 is 12.8 Å². The number of hydrogen-bond donors (Lipinski definition) is 1. The van der Waals surface area contributed by atoms with Gasteiger partial charge in [-0.25, -0.2) is 22.5 Å². The Morgan fingerprint density at radius 2 is 2.20 bits per heavy atom. The summed E-state index contributed by atoms with van der Waals surface area (Å²) in [7, 11) is -1.96. The zero-order valence-electron chi connectivity index (χ0n) is 10.5. The monoisotopic (exact) mass is 362 g/mol. The number of benzene rings is 1. The van der Waals surface area contributed by atoms with Gasteiger partial charge >= 0.3 is 0 Å². The van der Waals surface area contributed by atoms with Crippen LogP contribution in [0.5, 0.6) is 0 Å². The standard InChI is InChI=1S/C11H12BrFN4O2S/c1-17-7-14-11(16-17)4-5-15-20(18,19)10-3-2-8(13)6-9(10)12/h2-3,6-7,15H,4-5H2,1H3. The third-order valence-corrected chi connectivity index (χ3v) is 4.91. The number of hydrogen-bond acceptors (Lipinski definition) is 4. The molecule has 0 aliphatic rings. The van der Waals surface area contributed by atoms with Gasteiger partial charge in [0.15, 0.2) is 5.82 Å². The summed E-state index contributed by atoms with van der Waals surface area (Å²) in [6.07, 6.45) is 1.92. The molecule has 0 aliphatic heterocycles. The Morgan fingerprint density at radius 1 is 1.45 bits per heavy atom. The van der Waals surface area contributed by atoms with Crippen molar-refractivity contribution in [2.45, 2.75) is 11.3 Å². The van der Waals surface area contributed by atoms with Gasteiger partial charge < -0.3 is 0 Å². The van der Waals surface area contributed by atoms with E-state index in [9.17, 15) is 12.8 Å². The molecule has 1 aromatic carbocycles. The van der Waals surface area contributed by atoms with Gasteiger partial charge in [-0.1, -0.05) is 0 Å². The fourth-order valence-electron chi connectivity index (χ4n) is 1.57. The molecule has 1 N–H and O–H groups in total. The molecular formula is C11H12BrFN4O2S. The van der Waals surface area contributed by atoms with Crippen LogP contribution in [0.1, 0.15) is 5.82 Å². The van der Waals surface area contributed by atoms with Gasteiger partial charge in [0.2, 0.25) is 10.0 Å². The lowest BCUT2D eigenvalue weighted by molar-refractivity contribution is 0.579. The van der Waals surface area contributed by atoms with Crippen molar-refractivity contribution in [1.82, 2.24) is 19.5 Å². The number of sulfonamides is 1. The van der Waals surface area contributed by atoms with Gasteiger partial charge in [0, 0.05) is 24.5 Å². The topological polar surface area (TPSA) is 76.9 Å². The largest absolute Gasteiger partial charge is 0.256 e. The summed E-state index contributed by atoms with van der Waals surface area (Å²) in [6.45, 7) is 0.163. The molecule has 0 aliphatic carbocycles. The number of nitrogens with one attached hydrogen (secondary N) is 1. The highest BCUT2D eigenvalue weighted by Crippen LogP contribution is 2.22. The summed E-state index contributed by atoms with van der Waals surface area (Å²) >= 11 is 3.04. The molecule has 108 valence electrons. The molecule has 0 spiro atoms. The summed E-state index contributed by atoms with van der Waals surface area (Å²) in [6, 6.07) is 3.41. The van der Waals surface area contributed by atoms with Crippen LogP contribution in [0.4, 0.5) is 4.39 Å². The molecule has 0 unspecified atom stereocenters. The summed E-state index contributed by atoms with van der Waals surface area (Å²) < 4.78 is 41.2. The van der Waals surface area contributed by atoms with Gasteiger partial charge in [0.25, 0.3) is 0 Å². The molecule has 1 aromatic heterocycles. The SMILES string of the molecule is Cn1cnc(CCNS(=O)(=O)c2ccc(F)cc2Br)n1. The van der Waals surface area contributed by atoms with E-state index in [1.807, 2.05) is 0 Å². The van der Waals surface area contributed by atoms with Crippen LogP contribution in [0.25, 0.3) is 0 Å². The molecule has 0 saturated carbocycles. The van der Waals surface area contributed by atoms with Gasteiger partial charge in [0.1, 0.15) is 12.1 Å². The van der Waals surface area contributed by atoms with Crippen LogP contribution in [0.3, 0.4) is 0 Å². The van der Waals surface area contributed by atoms with Crippen LogP contribution in [0.15, 0.2) is 33.9 Å². The molecule has 1 heterocycles. The first-order chi connectivity index (χ1) is 9.38. The van der Waals surface area contributed by atoms with Crippen molar-refractivity contribution in [2.75, 3.05) is 6.54 Å². The second kappa shape index (κ2) is 5.98. The highest BCUT2D eigenvalue weighted by atomic mass is 79.9. The maximum atomic E-state index is 12.9. The van der Waals surface area contributed by atoms with E-state index < -0.39 is 15.8 Å². The fourth-order valence-corrected chi connectivity index (χ4v) is 3.65. The van der Waals surface area contributed by atoms with Gasteiger partial charge in [-0.2, -0.15) is 5.10 Å². The van der Waals surface area contributed by atoms with Crippen LogP contribution >= 0.6 is 15.9 Å². The van der Waals surface area contributed by atoms with E-state index in [-0.39, 0.29) is 15.9 Å². The number of rotatable bonds is 5. The van der Waals surface area contributed by atoms with E-state index in [0.717, 1.165) is 12.1 Å². The highest BCUT2D eigenvalue weighted by molar-refractivity contribution is 9.10. The van der Waals surface area contributed by atoms with Crippen LogP contribution < -0.4 is 4.72 Å². The molecule has 0 saturated heterocycles. The van der Waals surface area contributed by atoms with Crippen LogP contribution in [-0.4, -0.2) is 29.7 Å². The fraction of sp³-hybridized carbons (Fsp3) is 0.273. The lowest BCUT2D eigenvalue weighted by Gasteiger charge is -2.07. The molecule has 6 nitrogen and oxygen atoms in total. The molecule has 2 rings (SSSR count). The van der Waals surface area contributed by atoms with Crippen molar-refractivity contribution in [2.24, 2.45) is 7.05 Å². The zero-order chi connectivity index (χ0) is 14.8. The summed E-state index contributed by atoms with van der Waals surface area (Å²) in [5, 5.41) is 4.04. The molecule has 0 amide bonds. The third kappa shape index (κ3) is 3.62. The van der Waals surface area contributed by atoms with Crippen LogP contribution in [-0.2, 0) is 23.5 Å². The third-order valence-electron chi connectivity index (χ3n) is 2.47. The second-order valence-electron chi connectivity index (χ2n) is 4.06. The summed E-state index contributed by atoms with van der Waals surface area (Å²) in [5.74, 6) is 0.0434. The molecular weight excluding hydrogens is 351 g/mol. The molecule has 0 fully saturated rings. The van der Waals surface area contributed by atoms with Gasteiger partial charge in [0.05, 0.1) is 4.90 Å². The Morgan fingerprint density at radius 3 is 2.80 bits per heavy atom. The molecule has 0 radical (unpaired) electrons. The Labute approximate surface area is 124 Å². The first kappa shape index (κ1) is 15.1. The smallest absolute Gasteiger partial charge is 0.241 e. The van der Waals surface area contributed by atoms with Crippen molar-refractivity contribution in [3.63, 3.8) is 0 Å². The Bertz CT molecular complexity index is 717. The lowest BCUT2D eigenvalue weighted by Crippen LogP contribution is -2.26. The van der Waals surface area contributed by atoms with E-state index in [1.54, 1.807) is 18.1 Å². The van der Waals surface area contributed by atoms with E-state index in [2.05, 4.69) is 30.7 Å². The minimum atomic E-state index is -3.70. The summed E-state index contributed by atoms with van der Waals surface area (Å²) in [4.78, 5) is 3.99. The number of aryl methyl sites for hydroxylation is 1. The Balaban J connectivity index is 2.04. The maximum absolute atomic E-state index is 12.9. The minimum absolute atomic E-state index is 0.00659. The van der Waals surface area contributed by atoms with Crippen molar-refractivity contribution >= 4 is 26.0 Å². The van der Waals surface area contributed by atoms with Crippen molar-refractivity contribution in [3.05, 3.63) is 40.6 Å². The normalized spacial score (nSPS) is 11.8. The second-order valence-corrected chi connectivity index (χ2v) is 6.65. The Kier molecular flexibility index (Phi) is 4.51. The van der Waals surface area contributed by atoms with E-state index >= 15 is 0 Å². The molecule has 0 bridgehead atoms. The van der Waals surface area contributed by atoms with Gasteiger partial charge in [-0.05, 0) is 34.1 Å². The summed E-state index contributed by atoms with van der Waals surface area (Å²) in [5.41, 5.74) is 0. The van der Waals surface area contributed by atoms with Gasteiger partial charge in [-0.3, -0.25) is 4.68 Å². The Hall–Kier alpha value is -1.32. The molecule has 2 aromatic rings. The molecule has 9 heteroatoms. The zero-order valence-corrected chi connectivity index (χ0v) is 12.9. The number of nitrogens with zero attached hydrogens (tertiary/aromatic N) is 3. The van der Waals surface area contributed by atoms with Gasteiger partial charge in [-0.15, -0.1) is 0 Å². The van der Waals surface area contributed by atoms with Crippen LogP contribution in [0, 0.1) is 5.82 Å². The quantitative estimate of drug-likeness (QED) is 0.867. The first-order valence-electron chi connectivity index (χ1n) is 5.68. The van der Waals surface area contributed by atoms with Crippen LogP contribution in [0.2, 0.25) is 0 Å². The average Bonchev–Trinajstić information content (AvgIpc) is 2.74. The molecule has 0 atom stereocenters. The first-order valence-corrected chi connectivity index (χ1v) is 7.95. The van der Waals surface area contributed by atoms with E-state index in [1.165, 1.54) is 6.07 Å². The maximum Gasteiger partial charge on any atom is 0.241 e. The lowest BCUT2D eigenvalue weighted by atomic mass is 10.3. The predicted molar refractivity (Wildman–Crippen MR) is 74.0 cm³/mol. The van der Waals surface area contributed by atoms with E-state index in [4.69, 9.17) is 0 Å². The highest BCUT2D eigenvalue weighted by Gasteiger charge is 2.17. The average molecular weight is 363 g/mol. The minimum Gasteiger partial charge on any atom is -0.256 e. The van der Waals surface area contributed by atoms with Crippen molar-refractivity contribution in [3.8, 4) is 0 Å². The van der Waals surface area contributed by atoms with E-state index in [0.29, 0.717) is 12.2 Å². The number of aromatic nitrogens is 3. The number of halogens is 2. The predicted octanol–water partition coefficient (Wildman–Crippen LogP) is 1.24. The van der Waals surface area contributed by atoms with Crippen molar-refractivity contribution in [1.29, 1.82) is 0 Å². The molecule has 20 heavy (non-hydrogen) atoms.